The molecule has 17 heavy (non-hydrogen) atoms. The molecule has 1 aliphatic carbocycles. The molecule has 0 atom stereocenters. The third-order valence-corrected chi connectivity index (χ3v) is 3.82. The predicted molar refractivity (Wildman–Crippen MR) is 66.3 cm³/mol. The first-order chi connectivity index (χ1) is 8.05. The van der Waals surface area contributed by atoms with Gasteiger partial charge in [0.1, 0.15) is 12.4 Å². The smallest absolute Gasteiger partial charge is 0.215 e. The summed E-state index contributed by atoms with van der Waals surface area (Å²) in [5, 5.41) is 0. The van der Waals surface area contributed by atoms with Gasteiger partial charge in [-0.2, -0.15) is 0 Å². The predicted octanol–water partition coefficient (Wildman–Crippen LogP) is 0.729. The number of rotatable bonds is 6. The molecule has 0 aromatic heterocycles. The monoisotopic (exact) mass is 256 g/mol. The van der Waals surface area contributed by atoms with Crippen molar-refractivity contribution in [1.82, 2.24) is 4.72 Å². The highest BCUT2D eigenvalue weighted by Crippen LogP contribution is 2.19. The SMILES string of the molecule is Nc1ccc(OCCS(=O)(=O)NC2CC2)cc1. The molecule has 0 amide bonds. The third-order valence-electron chi connectivity index (χ3n) is 2.42. The first-order valence-electron chi connectivity index (χ1n) is 5.53. The first-order valence-corrected chi connectivity index (χ1v) is 7.19. The zero-order chi connectivity index (χ0) is 12.3. The molecule has 0 unspecified atom stereocenters. The maximum absolute atomic E-state index is 11.5. The van der Waals surface area contributed by atoms with Crippen LogP contribution in [0.5, 0.6) is 5.75 Å². The van der Waals surface area contributed by atoms with Crippen molar-refractivity contribution >= 4 is 15.7 Å². The summed E-state index contributed by atoms with van der Waals surface area (Å²) in [4.78, 5) is 0. The number of nitrogens with one attached hydrogen (secondary N) is 1. The molecule has 0 aliphatic heterocycles. The summed E-state index contributed by atoms with van der Waals surface area (Å²) in [7, 11) is -3.20. The molecule has 5 nitrogen and oxygen atoms in total. The van der Waals surface area contributed by atoms with Crippen molar-refractivity contribution in [1.29, 1.82) is 0 Å². The van der Waals surface area contributed by atoms with Gasteiger partial charge in [0.05, 0.1) is 5.75 Å². The normalized spacial score (nSPS) is 15.8. The number of anilines is 1. The Kier molecular flexibility index (Phi) is 3.54. The fourth-order valence-electron chi connectivity index (χ4n) is 1.35. The van der Waals surface area contributed by atoms with Crippen molar-refractivity contribution in [3.05, 3.63) is 24.3 Å². The molecule has 0 bridgehead atoms. The van der Waals surface area contributed by atoms with Gasteiger partial charge in [-0.1, -0.05) is 0 Å². The van der Waals surface area contributed by atoms with Gasteiger partial charge in [0.25, 0.3) is 0 Å². The summed E-state index contributed by atoms with van der Waals surface area (Å²) in [6, 6.07) is 7.02. The van der Waals surface area contributed by atoms with Crippen LogP contribution in [0.4, 0.5) is 5.69 Å². The maximum atomic E-state index is 11.5. The van der Waals surface area contributed by atoms with E-state index in [1.807, 2.05) is 0 Å². The van der Waals surface area contributed by atoms with E-state index in [1.54, 1.807) is 24.3 Å². The van der Waals surface area contributed by atoms with E-state index in [0.29, 0.717) is 11.4 Å². The van der Waals surface area contributed by atoms with Crippen LogP contribution in [-0.4, -0.2) is 26.8 Å². The van der Waals surface area contributed by atoms with Gasteiger partial charge in [-0.25, -0.2) is 13.1 Å². The molecule has 6 heteroatoms. The molecule has 1 saturated carbocycles. The van der Waals surface area contributed by atoms with E-state index in [4.69, 9.17) is 10.5 Å². The number of nitrogens with two attached hydrogens (primary N) is 1. The van der Waals surface area contributed by atoms with Gasteiger partial charge in [-0.3, -0.25) is 0 Å². The van der Waals surface area contributed by atoms with Crippen LogP contribution in [0.3, 0.4) is 0 Å². The average molecular weight is 256 g/mol. The third kappa shape index (κ3) is 4.24. The molecule has 0 heterocycles. The summed E-state index contributed by atoms with van der Waals surface area (Å²) in [5.74, 6) is 0.606. The first kappa shape index (κ1) is 12.2. The lowest BCUT2D eigenvalue weighted by Gasteiger charge is -2.07. The molecule has 1 aromatic rings. The zero-order valence-electron chi connectivity index (χ0n) is 9.43. The van der Waals surface area contributed by atoms with Crippen LogP contribution in [0.25, 0.3) is 0 Å². The summed E-state index contributed by atoms with van der Waals surface area (Å²) in [6.45, 7) is 0.145. The number of benzene rings is 1. The van der Waals surface area contributed by atoms with Crippen molar-refractivity contribution in [2.75, 3.05) is 18.1 Å². The van der Waals surface area contributed by atoms with Crippen molar-refractivity contribution < 1.29 is 13.2 Å². The standard InChI is InChI=1S/C11H16N2O3S/c12-9-1-5-11(6-2-9)16-7-8-17(14,15)13-10-3-4-10/h1-2,5-6,10,13H,3-4,7-8,12H2. The fraction of sp³-hybridized carbons (Fsp3) is 0.455. The van der Waals surface area contributed by atoms with Gasteiger partial charge < -0.3 is 10.5 Å². The van der Waals surface area contributed by atoms with Gasteiger partial charge in [-0.15, -0.1) is 0 Å². The Bertz CT molecular complexity index is 466. The maximum Gasteiger partial charge on any atom is 0.215 e. The Hall–Kier alpha value is -1.27. The second kappa shape index (κ2) is 4.93. The minimum Gasteiger partial charge on any atom is -0.492 e. The molecule has 94 valence electrons. The summed E-state index contributed by atoms with van der Waals surface area (Å²) >= 11 is 0. The lowest BCUT2D eigenvalue weighted by molar-refractivity contribution is 0.340. The zero-order valence-corrected chi connectivity index (χ0v) is 10.2. The van der Waals surface area contributed by atoms with Crippen molar-refractivity contribution in [2.24, 2.45) is 0 Å². The largest absolute Gasteiger partial charge is 0.492 e. The number of hydrogen-bond acceptors (Lipinski definition) is 4. The Morgan fingerprint density at radius 3 is 2.53 bits per heavy atom. The molecule has 1 fully saturated rings. The summed E-state index contributed by atoms with van der Waals surface area (Å²) < 4.78 is 31.0. The molecule has 0 radical (unpaired) electrons. The van der Waals surface area contributed by atoms with Gasteiger partial charge in [0.2, 0.25) is 10.0 Å². The van der Waals surface area contributed by atoms with Crippen molar-refractivity contribution in [3.8, 4) is 5.75 Å². The van der Waals surface area contributed by atoms with Crippen LogP contribution in [0, 0.1) is 0 Å². The van der Waals surface area contributed by atoms with Crippen LogP contribution in [0.15, 0.2) is 24.3 Å². The highest BCUT2D eigenvalue weighted by atomic mass is 32.2. The Labute approximate surface area is 101 Å². The van der Waals surface area contributed by atoms with E-state index < -0.39 is 10.0 Å². The second-order valence-corrected chi connectivity index (χ2v) is 6.00. The Morgan fingerprint density at radius 2 is 1.94 bits per heavy atom. The highest BCUT2D eigenvalue weighted by Gasteiger charge is 2.26. The van der Waals surface area contributed by atoms with Gasteiger partial charge in [-0.05, 0) is 37.1 Å². The molecule has 1 aromatic carbocycles. The van der Waals surface area contributed by atoms with Crippen LogP contribution in [0.1, 0.15) is 12.8 Å². The van der Waals surface area contributed by atoms with E-state index >= 15 is 0 Å². The van der Waals surface area contributed by atoms with Crippen LogP contribution >= 0.6 is 0 Å². The topological polar surface area (TPSA) is 81.4 Å². The van der Waals surface area contributed by atoms with E-state index in [-0.39, 0.29) is 18.4 Å². The Morgan fingerprint density at radius 1 is 1.29 bits per heavy atom. The van der Waals surface area contributed by atoms with E-state index in [0.717, 1.165) is 12.8 Å². The quantitative estimate of drug-likeness (QED) is 0.735. The molecule has 2 rings (SSSR count). The van der Waals surface area contributed by atoms with Crippen LogP contribution in [-0.2, 0) is 10.0 Å². The average Bonchev–Trinajstić information content (AvgIpc) is 3.04. The minimum absolute atomic E-state index is 0.0200. The van der Waals surface area contributed by atoms with Crippen molar-refractivity contribution in [2.45, 2.75) is 18.9 Å². The van der Waals surface area contributed by atoms with Gasteiger partial charge >= 0.3 is 0 Å². The van der Waals surface area contributed by atoms with Crippen molar-refractivity contribution in [3.63, 3.8) is 0 Å². The highest BCUT2D eigenvalue weighted by molar-refractivity contribution is 7.89. The lowest BCUT2D eigenvalue weighted by Crippen LogP contribution is -2.30. The summed E-state index contributed by atoms with van der Waals surface area (Å²) in [6.07, 6.45) is 1.89. The molecule has 3 N–H and O–H groups in total. The van der Waals surface area contributed by atoms with E-state index in [9.17, 15) is 8.42 Å². The fourth-order valence-corrected chi connectivity index (χ4v) is 2.51. The van der Waals surface area contributed by atoms with E-state index in [2.05, 4.69) is 4.72 Å². The van der Waals surface area contributed by atoms with Crippen LogP contribution in [0.2, 0.25) is 0 Å². The van der Waals surface area contributed by atoms with Gasteiger partial charge in [0.15, 0.2) is 0 Å². The number of nitrogen functional groups attached to an aromatic ring is 1. The second-order valence-electron chi connectivity index (χ2n) is 4.13. The molecule has 0 spiro atoms. The van der Waals surface area contributed by atoms with Gasteiger partial charge in [0, 0.05) is 11.7 Å². The number of sulfonamides is 1. The molecular formula is C11H16N2O3S. The molecule has 1 aliphatic rings. The number of ether oxygens (including phenoxy) is 1. The Balaban J connectivity index is 1.76. The molecule has 0 saturated heterocycles. The number of hydrogen-bond donors (Lipinski definition) is 2. The van der Waals surface area contributed by atoms with Crippen LogP contribution < -0.4 is 15.2 Å². The molecular weight excluding hydrogens is 240 g/mol. The minimum atomic E-state index is -3.20. The van der Waals surface area contributed by atoms with E-state index in [1.165, 1.54) is 0 Å². The lowest BCUT2D eigenvalue weighted by atomic mass is 10.3. The summed E-state index contributed by atoms with van der Waals surface area (Å²) in [5.41, 5.74) is 6.18.